The summed E-state index contributed by atoms with van der Waals surface area (Å²) < 4.78 is 5.94. The van der Waals surface area contributed by atoms with Gasteiger partial charge in [-0.25, -0.2) is 4.98 Å². The fraction of sp³-hybridized carbons (Fsp3) is 0.389. The Bertz CT molecular complexity index is 605. The van der Waals surface area contributed by atoms with Gasteiger partial charge >= 0.3 is 0 Å². The minimum atomic E-state index is 0.350. The Kier molecular flexibility index (Phi) is 4.89. The zero-order valence-corrected chi connectivity index (χ0v) is 12.7. The summed E-state index contributed by atoms with van der Waals surface area (Å²) in [6.07, 6.45) is 11.4. The number of aromatic nitrogens is 2. The Morgan fingerprint density at radius 3 is 2.68 bits per heavy atom. The van der Waals surface area contributed by atoms with Crippen LogP contribution in [0.1, 0.15) is 29.7 Å². The molecule has 0 saturated carbocycles. The highest BCUT2D eigenvalue weighted by atomic mass is 16.5. The molecular weight excluding hydrogens is 274 g/mol. The normalized spacial score (nSPS) is 16.5. The van der Waals surface area contributed by atoms with E-state index in [9.17, 15) is 0 Å². The second-order valence-corrected chi connectivity index (χ2v) is 5.70. The zero-order valence-electron chi connectivity index (χ0n) is 12.7. The van der Waals surface area contributed by atoms with Crippen LogP contribution in [0.25, 0.3) is 0 Å². The molecule has 1 aromatic carbocycles. The maximum Gasteiger partial charge on any atom is 0.0922 e. The number of ether oxygens (including phenoxy) is 1. The average Bonchev–Trinajstić information content (AvgIpc) is 3.08. The number of nitrogens with one attached hydrogen (secondary N) is 1. The monoisotopic (exact) mass is 295 g/mol. The van der Waals surface area contributed by atoms with Gasteiger partial charge < -0.3 is 9.72 Å². The lowest BCUT2D eigenvalue weighted by molar-refractivity contribution is -0.00511. The van der Waals surface area contributed by atoms with E-state index in [1.54, 1.807) is 6.33 Å². The van der Waals surface area contributed by atoms with Gasteiger partial charge in [-0.05, 0) is 30.5 Å². The van der Waals surface area contributed by atoms with Crippen molar-refractivity contribution in [2.75, 3.05) is 13.1 Å². The van der Waals surface area contributed by atoms with Gasteiger partial charge in [-0.1, -0.05) is 18.1 Å². The van der Waals surface area contributed by atoms with Gasteiger partial charge in [0.2, 0.25) is 0 Å². The first-order chi connectivity index (χ1) is 10.8. The Labute approximate surface area is 131 Å². The van der Waals surface area contributed by atoms with Crippen molar-refractivity contribution >= 4 is 0 Å². The second kappa shape index (κ2) is 7.26. The molecule has 114 valence electrons. The van der Waals surface area contributed by atoms with E-state index in [0.717, 1.165) is 43.7 Å². The van der Waals surface area contributed by atoms with Gasteiger partial charge in [0.1, 0.15) is 0 Å². The van der Waals surface area contributed by atoms with Crippen LogP contribution >= 0.6 is 0 Å². The molecule has 0 amide bonds. The summed E-state index contributed by atoms with van der Waals surface area (Å²) in [5.41, 5.74) is 3.29. The van der Waals surface area contributed by atoms with Crippen LogP contribution in [0, 0.1) is 12.3 Å². The molecule has 3 rings (SSSR count). The van der Waals surface area contributed by atoms with Crippen LogP contribution in [0.5, 0.6) is 0 Å². The summed E-state index contributed by atoms with van der Waals surface area (Å²) in [5.74, 6) is 2.65. The van der Waals surface area contributed by atoms with Crippen molar-refractivity contribution in [1.29, 1.82) is 0 Å². The highest BCUT2D eigenvalue weighted by Crippen LogP contribution is 2.17. The molecule has 4 heteroatoms. The Balaban J connectivity index is 1.42. The Hall–Kier alpha value is -2.09. The summed E-state index contributed by atoms with van der Waals surface area (Å²) >= 11 is 0. The molecule has 1 aliphatic rings. The predicted molar refractivity (Wildman–Crippen MR) is 86.1 cm³/mol. The fourth-order valence-corrected chi connectivity index (χ4v) is 2.77. The smallest absolute Gasteiger partial charge is 0.0922 e. The number of benzene rings is 1. The molecule has 1 aliphatic heterocycles. The third kappa shape index (κ3) is 3.97. The van der Waals surface area contributed by atoms with Gasteiger partial charge in [-0.3, -0.25) is 4.90 Å². The summed E-state index contributed by atoms with van der Waals surface area (Å²) in [6.45, 7) is 3.76. The van der Waals surface area contributed by atoms with Gasteiger partial charge in [0.25, 0.3) is 0 Å². The molecule has 0 bridgehead atoms. The van der Waals surface area contributed by atoms with E-state index >= 15 is 0 Å². The number of hydrogen-bond donors (Lipinski definition) is 1. The maximum atomic E-state index is 5.94. The predicted octanol–water partition coefficient (Wildman–Crippen LogP) is 2.57. The molecule has 1 aromatic heterocycles. The fourth-order valence-electron chi connectivity index (χ4n) is 2.77. The van der Waals surface area contributed by atoms with Crippen LogP contribution in [0.15, 0.2) is 36.8 Å². The number of nitrogens with zero attached hydrogens (tertiary/aromatic N) is 2. The summed E-state index contributed by atoms with van der Waals surface area (Å²) in [4.78, 5) is 9.54. The first-order valence-corrected chi connectivity index (χ1v) is 7.70. The third-order valence-electron chi connectivity index (χ3n) is 4.09. The molecule has 4 nitrogen and oxygen atoms in total. The molecule has 2 aromatic rings. The number of likely N-dealkylation sites (tertiary alicyclic amines) is 1. The molecule has 1 fully saturated rings. The number of piperidine rings is 1. The topological polar surface area (TPSA) is 41.1 Å². The first-order valence-electron chi connectivity index (χ1n) is 7.70. The molecule has 0 spiro atoms. The molecule has 0 aliphatic carbocycles. The molecule has 1 N–H and O–H groups in total. The van der Waals surface area contributed by atoms with Gasteiger partial charge in [-0.2, -0.15) is 0 Å². The van der Waals surface area contributed by atoms with E-state index < -0.39 is 0 Å². The van der Waals surface area contributed by atoms with E-state index in [2.05, 4.69) is 32.9 Å². The summed E-state index contributed by atoms with van der Waals surface area (Å²) in [6, 6.07) is 8.26. The molecule has 0 atom stereocenters. The third-order valence-corrected chi connectivity index (χ3v) is 4.09. The lowest BCUT2D eigenvalue weighted by Gasteiger charge is -2.31. The standard InChI is InChI=1S/C18H21N3O/c1-2-15-3-5-16(6-4-15)12-21-9-7-18(8-10-21)22-13-17-11-19-14-20-17/h1,3-6,11,14,18H,7-10,12-13H2,(H,19,20). The second-order valence-electron chi connectivity index (χ2n) is 5.70. The zero-order chi connectivity index (χ0) is 15.2. The molecule has 1 saturated heterocycles. The summed E-state index contributed by atoms with van der Waals surface area (Å²) in [7, 11) is 0. The van der Waals surface area contributed by atoms with Crippen LogP contribution in [-0.2, 0) is 17.9 Å². The minimum Gasteiger partial charge on any atom is -0.372 e. The number of terminal acetylenes is 1. The Morgan fingerprint density at radius 2 is 2.05 bits per heavy atom. The van der Waals surface area contributed by atoms with E-state index in [-0.39, 0.29) is 0 Å². The Morgan fingerprint density at radius 1 is 1.27 bits per heavy atom. The quantitative estimate of drug-likeness (QED) is 0.862. The van der Waals surface area contributed by atoms with Crippen molar-refractivity contribution in [1.82, 2.24) is 14.9 Å². The SMILES string of the molecule is C#Cc1ccc(CN2CCC(OCc3cnc[nH]3)CC2)cc1. The number of imidazole rings is 1. The van der Waals surface area contributed by atoms with Crippen LogP contribution in [0.4, 0.5) is 0 Å². The average molecular weight is 295 g/mol. The van der Waals surface area contributed by atoms with Crippen LogP contribution < -0.4 is 0 Å². The van der Waals surface area contributed by atoms with Crippen molar-refractivity contribution < 1.29 is 4.74 Å². The van der Waals surface area contributed by atoms with Crippen LogP contribution in [0.3, 0.4) is 0 Å². The highest BCUT2D eigenvalue weighted by molar-refractivity contribution is 5.34. The van der Waals surface area contributed by atoms with E-state index in [1.807, 2.05) is 18.3 Å². The molecule has 0 unspecified atom stereocenters. The summed E-state index contributed by atoms with van der Waals surface area (Å²) in [5, 5.41) is 0. The van der Waals surface area contributed by atoms with Crippen molar-refractivity contribution in [3.63, 3.8) is 0 Å². The number of hydrogen-bond acceptors (Lipinski definition) is 3. The lowest BCUT2D eigenvalue weighted by atomic mass is 10.1. The highest BCUT2D eigenvalue weighted by Gasteiger charge is 2.19. The number of rotatable bonds is 5. The van der Waals surface area contributed by atoms with Gasteiger partial charge in [0.15, 0.2) is 0 Å². The number of H-pyrrole nitrogens is 1. The van der Waals surface area contributed by atoms with Crippen molar-refractivity contribution in [3.05, 3.63) is 53.6 Å². The molecule has 22 heavy (non-hydrogen) atoms. The van der Waals surface area contributed by atoms with E-state index in [4.69, 9.17) is 11.2 Å². The van der Waals surface area contributed by atoms with Crippen LogP contribution in [0.2, 0.25) is 0 Å². The molecule has 2 heterocycles. The largest absolute Gasteiger partial charge is 0.372 e. The first kappa shape index (κ1) is 14.8. The molecular formula is C18H21N3O. The van der Waals surface area contributed by atoms with Gasteiger partial charge in [0.05, 0.1) is 30.9 Å². The lowest BCUT2D eigenvalue weighted by Crippen LogP contribution is -2.36. The van der Waals surface area contributed by atoms with Crippen molar-refractivity contribution in [3.8, 4) is 12.3 Å². The minimum absolute atomic E-state index is 0.350. The van der Waals surface area contributed by atoms with Gasteiger partial charge in [0, 0.05) is 25.2 Å². The number of aromatic amines is 1. The van der Waals surface area contributed by atoms with Crippen molar-refractivity contribution in [2.45, 2.75) is 32.1 Å². The van der Waals surface area contributed by atoms with Crippen LogP contribution in [-0.4, -0.2) is 34.1 Å². The van der Waals surface area contributed by atoms with E-state index in [1.165, 1.54) is 5.56 Å². The molecule has 0 radical (unpaired) electrons. The maximum absolute atomic E-state index is 5.94. The van der Waals surface area contributed by atoms with Crippen molar-refractivity contribution in [2.24, 2.45) is 0 Å². The van der Waals surface area contributed by atoms with E-state index in [0.29, 0.717) is 12.7 Å². The van der Waals surface area contributed by atoms with Gasteiger partial charge in [-0.15, -0.1) is 6.42 Å².